The number of ether oxygens (including phenoxy) is 4. The third-order valence-electron chi connectivity index (χ3n) is 4.92. The molecular weight excluding hydrogens is 364 g/mol. The van der Waals surface area contributed by atoms with Crippen LogP contribution < -0.4 is 9.47 Å². The standard InChI is InChI=1S/C25H28O4/c1-4-28-18-19-29-25(20-8-6-5-7-9-20,21-10-14-23(26-2)15-11-21)22-12-16-24(27-3)17-13-22/h5-17H,4,18-19H2,1-3H3. The Balaban J connectivity index is 2.15. The Hall–Kier alpha value is -2.82. The molecule has 0 N–H and O–H groups in total. The lowest BCUT2D eigenvalue weighted by atomic mass is 9.80. The molecule has 29 heavy (non-hydrogen) atoms. The fraction of sp³-hybridized carbons (Fsp3) is 0.280. The van der Waals surface area contributed by atoms with Crippen LogP contribution >= 0.6 is 0 Å². The molecule has 0 aliphatic heterocycles. The summed E-state index contributed by atoms with van der Waals surface area (Å²) in [5.74, 6) is 1.61. The molecule has 0 aromatic heterocycles. The van der Waals surface area contributed by atoms with Crippen LogP contribution in [0.3, 0.4) is 0 Å². The van der Waals surface area contributed by atoms with Crippen molar-refractivity contribution in [2.45, 2.75) is 12.5 Å². The Kier molecular flexibility index (Phi) is 7.28. The number of rotatable bonds is 10. The van der Waals surface area contributed by atoms with E-state index >= 15 is 0 Å². The van der Waals surface area contributed by atoms with Crippen LogP contribution in [0.15, 0.2) is 78.9 Å². The van der Waals surface area contributed by atoms with Crippen LogP contribution in [0.5, 0.6) is 11.5 Å². The molecule has 4 nitrogen and oxygen atoms in total. The van der Waals surface area contributed by atoms with Crippen molar-refractivity contribution in [1.82, 2.24) is 0 Å². The molecule has 152 valence electrons. The van der Waals surface area contributed by atoms with Crippen LogP contribution in [-0.4, -0.2) is 34.0 Å². The van der Waals surface area contributed by atoms with Gasteiger partial charge in [0.15, 0.2) is 0 Å². The van der Waals surface area contributed by atoms with Crippen LogP contribution in [0.1, 0.15) is 23.6 Å². The van der Waals surface area contributed by atoms with Crippen LogP contribution in [-0.2, 0) is 15.1 Å². The van der Waals surface area contributed by atoms with Crippen LogP contribution in [0.4, 0.5) is 0 Å². The first-order valence-electron chi connectivity index (χ1n) is 9.81. The summed E-state index contributed by atoms with van der Waals surface area (Å²) in [6, 6.07) is 26.3. The molecule has 0 heterocycles. The van der Waals surface area contributed by atoms with Crippen LogP contribution in [0, 0.1) is 0 Å². The van der Waals surface area contributed by atoms with Gasteiger partial charge in [-0.1, -0.05) is 54.6 Å². The zero-order valence-electron chi connectivity index (χ0n) is 17.3. The van der Waals surface area contributed by atoms with Crippen LogP contribution in [0.2, 0.25) is 0 Å². The molecular formula is C25H28O4. The molecule has 3 rings (SSSR count). The molecule has 0 saturated carbocycles. The van der Waals surface area contributed by atoms with Gasteiger partial charge in [-0.05, 0) is 47.9 Å². The third-order valence-corrected chi connectivity index (χ3v) is 4.92. The van der Waals surface area contributed by atoms with Gasteiger partial charge in [-0.15, -0.1) is 0 Å². The summed E-state index contributed by atoms with van der Waals surface area (Å²) in [6.07, 6.45) is 0. The lowest BCUT2D eigenvalue weighted by molar-refractivity contribution is -0.0218. The van der Waals surface area contributed by atoms with E-state index in [4.69, 9.17) is 18.9 Å². The first kappa shape index (κ1) is 20.9. The number of hydrogen-bond donors (Lipinski definition) is 0. The minimum absolute atomic E-state index is 0.459. The van der Waals surface area contributed by atoms with E-state index in [9.17, 15) is 0 Å². The maximum absolute atomic E-state index is 6.63. The molecule has 0 atom stereocenters. The second kappa shape index (κ2) is 10.1. The lowest BCUT2D eigenvalue weighted by Gasteiger charge is -2.36. The van der Waals surface area contributed by atoms with Crippen molar-refractivity contribution in [3.8, 4) is 11.5 Å². The molecule has 0 fully saturated rings. The van der Waals surface area contributed by atoms with Crippen molar-refractivity contribution in [3.05, 3.63) is 95.6 Å². The van der Waals surface area contributed by atoms with Gasteiger partial charge in [0.1, 0.15) is 17.1 Å². The summed E-state index contributed by atoms with van der Waals surface area (Å²) in [4.78, 5) is 0. The maximum atomic E-state index is 6.63. The topological polar surface area (TPSA) is 36.9 Å². The second-order valence-electron chi connectivity index (χ2n) is 6.55. The lowest BCUT2D eigenvalue weighted by Crippen LogP contribution is -2.34. The molecule has 0 saturated heterocycles. The van der Waals surface area contributed by atoms with Gasteiger partial charge < -0.3 is 18.9 Å². The molecule has 3 aromatic rings. The van der Waals surface area contributed by atoms with Crippen molar-refractivity contribution < 1.29 is 18.9 Å². The number of methoxy groups -OCH3 is 2. The zero-order valence-corrected chi connectivity index (χ0v) is 17.3. The van der Waals surface area contributed by atoms with Gasteiger partial charge in [-0.25, -0.2) is 0 Å². The molecule has 0 bridgehead atoms. The highest BCUT2D eigenvalue weighted by atomic mass is 16.5. The fourth-order valence-electron chi connectivity index (χ4n) is 3.47. The van der Waals surface area contributed by atoms with Gasteiger partial charge in [0.05, 0.1) is 27.4 Å². The SMILES string of the molecule is CCOCCOC(c1ccccc1)(c1ccc(OC)cc1)c1ccc(OC)cc1. The third kappa shape index (κ3) is 4.61. The van der Waals surface area contributed by atoms with Gasteiger partial charge >= 0.3 is 0 Å². The first-order chi connectivity index (χ1) is 14.2. The quantitative estimate of drug-likeness (QED) is 0.357. The predicted molar refractivity (Wildman–Crippen MR) is 115 cm³/mol. The summed E-state index contributed by atoms with van der Waals surface area (Å²) < 4.78 is 22.9. The Labute approximate surface area is 173 Å². The summed E-state index contributed by atoms with van der Waals surface area (Å²) in [5, 5.41) is 0. The molecule has 0 aliphatic carbocycles. The Bertz CT molecular complexity index is 810. The van der Waals surface area contributed by atoms with Crippen LogP contribution in [0.25, 0.3) is 0 Å². The van der Waals surface area contributed by atoms with E-state index in [1.165, 1.54) is 0 Å². The van der Waals surface area contributed by atoms with E-state index in [0.717, 1.165) is 28.2 Å². The van der Waals surface area contributed by atoms with E-state index in [-0.39, 0.29) is 0 Å². The minimum atomic E-state index is -0.781. The van der Waals surface area contributed by atoms with E-state index in [2.05, 4.69) is 36.4 Å². The highest BCUT2D eigenvalue weighted by Crippen LogP contribution is 2.41. The van der Waals surface area contributed by atoms with Crippen molar-refractivity contribution in [2.75, 3.05) is 34.0 Å². The molecule has 3 aromatic carbocycles. The molecule has 0 aliphatic rings. The smallest absolute Gasteiger partial charge is 0.143 e. The molecule has 0 radical (unpaired) electrons. The normalized spacial score (nSPS) is 11.3. The average Bonchev–Trinajstić information content (AvgIpc) is 2.80. The van der Waals surface area contributed by atoms with Gasteiger partial charge in [0.25, 0.3) is 0 Å². The summed E-state index contributed by atoms with van der Waals surface area (Å²) in [7, 11) is 3.34. The summed E-state index contributed by atoms with van der Waals surface area (Å²) >= 11 is 0. The maximum Gasteiger partial charge on any atom is 0.143 e. The predicted octanol–water partition coefficient (Wildman–Crippen LogP) is 5.05. The van der Waals surface area contributed by atoms with Crippen molar-refractivity contribution in [2.24, 2.45) is 0 Å². The molecule has 0 unspecified atom stereocenters. The highest BCUT2D eigenvalue weighted by Gasteiger charge is 2.37. The Morgan fingerprint density at radius 1 is 0.621 bits per heavy atom. The summed E-state index contributed by atoms with van der Waals surface area (Å²) in [5.41, 5.74) is 2.31. The fourth-order valence-corrected chi connectivity index (χ4v) is 3.47. The van der Waals surface area contributed by atoms with E-state index in [0.29, 0.717) is 19.8 Å². The molecule has 0 amide bonds. The summed E-state index contributed by atoms with van der Waals surface area (Å²) in [6.45, 7) is 3.63. The number of hydrogen-bond acceptors (Lipinski definition) is 4. The first-order valence-corrected chi connectivity index (χ1v) is 9.81. The average molecular weight is 392 g/mol. The highest BCUT2D eigenvalue weighted by molar-refractivity contribution is 5.49. The van der Waals surface area contributed by atoms with Gasteiger partial charge in [0, 0.05) is 6.61 Å². The van der Waals surface area contributed by atoms with Gasteiger partial charge in [0.2, 0.25) is 0 Å². The van der Waals surface area contributed by atoms with E-state index in [1.807, 2.05) is 49.4 Å². The largest absolute Gasteiger partial charge is 0.497 e. The van der Waals surface area contributed by atoms with Crippen molar-refractivity contribution >= 4 is 0 Å². The zero-order chi connectivity index (χ0) is 20.5. The number of benzene rings is 3. The second-order valence-corrected chi connectivity index (χ2v) is 6.55. The van der Waals surface area contributed by atoms with Gasteiger partial charge in [-0.2, -0.15) is 0 Å². The van der Waals surface area contributed by atoms with Gasteiger partial charge in [-0.3, -0.25) is 0 Å². The Morgan fingerprint density at radius 3 is 1.55 bits per heavy atom. The molecule has 0 spiro atoms. The van der Waals surface area contributed by atoms with E-state index in [1.54, 1.807) is 14.2 Å². The Morgan fingerprint density at radius 2 is 1.10 bits per heavy atom. The van der Waals surface area contributed by atoms with Crippen molar-refractivity contribution in [1.29, 1.82) is 0 Å². The minimum Gasteiger partial charge on any atom is -0.497 e. The van der Waals surface area contributed by atoms with Crippen molar-refractivity contribution in [3.63, 3.8) is 0 Å². The monoisotopic (exact) mass is 392 g/mol. The molecule has 4 heteroatoms. The van der Waals surface area contributed by atoms with E-state index < -0.39 is 5.60 Å².